The van der Waals surface area contributed by atoms with Gasteiger partial charge in [-0.05, 0) is 37.7 Å². The van der Waals surface area contributed by atoms with Crippen molar-refractivity contribution >= 4 is 18.3 Å². The molecule has 1 N–H and O–H groups in total. The van der Waals surface area contributed by atoms with Crippen LogP contribution in [0, 0.1) is 0 Å². The molecule has 3 rings (SSSR count). The Kier molecular flexibility index (Phi) is 5.17. The van der Waals surface area contributed by atoms with Crippen LogP contribution in [0.1, 0.15) is 61.6 Å². The Morgan fingerprint density at radius 2 is 1.95 bits per heavy atom. The van der Waals surface area contributed by atoms with Crippen LogP contribution in [0.3, 0.4) is 0 Å². The van der Waals surface area contributed by atoms with Crippen molar-refractivity contribution in [1.82, 2.24) is 20.0 Å². The van der Waals surface area contributed by atoms with Gasteiger partial charge in [-0.2, -0.15) is 5.10 Å². The standard InChI is InChI=1S/C16H26N4O.ClH/c1-10(2)14-9-15(20(4)18-14)16(21)19(3)13-7-11-5-6-12(8-13)17-11;/h9-13,17H,5-8H2,1-4H3;1H. The average molecular weight is 327 g/mol. The Labute approximate surface area is 138 Å². The Morgan fingerprint density at radius 1 is 1.36 bits per heavy atom. The van der Waals surface area contributed by atoms with Gasteiger partial charge >= 0.3 is 0 Å². The lowest BCUT2D eigenvalue weighted by Crippen LogP contribution is -2.49. The van der Waals surface area contributed by atoms with Crippen molar-refractivity contribution in [3.63, 3.8) is 0 Å². The molecule has 2 saturated heterocycles. The molecule has 0 spiro atoms. The number of aryl methyl sites for hydroxylation is 1. The van der Waals surface area contributed by atoms with Crippen LogP contribution in [-0.4, -0.2) is 45.8 Å². The molecule has 5 nitrogen and oxygen atoms in total. The third-order valence-electron chi connectivity index (χ3n) is 5.03. The highest BCUT2D eigenvalue weighted by Gasteiger charge is 2.37. The number of fused-ring (bicyclic) bond motifs is 2. The second kappa shape index (κ2) is 6.59. The van der Waals surface area contributed by atoms with Gasteiger partial charge in [0.1, 0.15) is 5.69 Å². The minimum Gasteiger partial charge on any atom is -0.337 e. The Bertz CT molecular complexity index is 530. The van der Waals surface area contributed by atoms with Gasteiger partial charge in [0.2, 0.25) is 0 Å². The summed E-state index contributed by atoms with van der Waals surface area (Å²) in [6.45, 7) is 4.20. The number of nitrogens with one attached hydrogen (secondary N) is 1. The van der Waals surface area contributed by atoms with E-state index < -0.39 is 0 Å². The second-order valence-electron chi connectivity index (χ2n) is 6.91. The largest absolute Gasteiger partial charge is 0.337 e. The highest BCUT2D eigenvalue weighted by molar-refractivity contribution is 5.92. The molecule has 6 heteroatoms. The number of hydrogen-bond acceptors (Lipinski definition) is 3. The van der Waals surface area contributed by atoms with Crippen molar-refractivity contribution in [3.8, 4) is 0 Å². The summed E-state index contributed by atoms with van der Waals surface area (Å²) in [5.41, 5.74) is 1.69. The number of hydrogen-bond donors (Lipinski definition) is 1. The zero-order chi connectivity index (χ0) is 15.1. The van der Waals surface area contributed by atoms with E-state index in [1.54, 1.807) is 4.68 Å². The van der Waals surface area contributed by atoms with Crippen LogP contribution in [0.25, 0.3) is 0 Å². The molecule has 2 unspecified atom stereocenters. The van der Waals surface area contributed by atoms with Crippen LogP contribution in [-0.2, 0) is 7.05 Å². The van der Waals surface area contributed by atoms with Gasteiger partial charge < -0.3 is 10.2 Å². The minimum absolute atomic E-state index is 0. The van der Waals surface area contributed by atoms with E-state index in [4.69, 9.17) is 0 Å². The van der Waals surface area contributed by atoms with E-state index in [1.807, 2.05) is 25.1 Å². The van der Waals surface area contributed by atoms with E-state index in [0.29, 0.717) is 29.7 Å². The summed E-state index contributed by atoms with van der Waals surface area (Å²) < 4.78 is 1.73. The number of rotatable bonds is 3. The summed E-state index contributed by atoms with van der Waals surface area (Å²) in [4.78, 5) is 14.7. The molecule has 1 amide bonds. The molecule has 0 aliphatic carbocycles. The van der Waals surface area contributed by atoms with Crippen molar-refractivity contribution < 1.29 is 4.79 Å². The first-order valence-electron chi connectivity index (χ1n) is 8.03. The number of nitrogens with zero attached hydrogens (tertiary/aromatic N) is 3. The number of halogens is 1. The van der Waals surface area contributed by atoms with Crippen molar-refractivity contribution in [3.05, 3.63) is 17.5 Å². The maximum Gasteiger partial charge on any atom is 0.272 e. The number of amides is 1. The van der Waals surface area contributed by atoms with Crippen LogP contribution in [0.4, 0.5) is 0 Å². The molecule has 0 saturated carbocycles. The zero-order valence-corrected chi connectivity index (χ0v) is 14.7. The first-order valence-corrected chi connectivity index (χ1v) is 8.03. The summed E-state index contributed by atoms with van der Waals surface area (Å²) >= 11 is 0. The molecule has 124 valence electrons. The van der Waals surface area contributed by atoms with Crippen molar-refractivity contribution in [2.75, 3.05) is 7.05 Å². The summed E-state index contributed by atoms with van der Waals surface area (Å²) in [6.07, 6.45) is 4.67. The molecule has 2 fully saturated rings. The molecule has 2 atom stereocenters. The summed E-state index contributed by atoms with van der Waals surface area (Å²) in [7, 11) is 3.80. The molecule has 2 aliphatic heterocycles. The van der Waals surface area contributed by atoms with E-state index in [-0.39, 0.29) is 18.3 Å². The van der Waals surface area contributed by atoms with Crippen LogP contribution in [0.15, 0.2) is 6.07 Å². The van der Waals surface area contributed by atoms with Crippen LogP contribution >= 0.6 is 12.4 Å². The van der Waals surface area contributed by atoms with Crippen molar-refractivity contribution in [2.24, 2.45) is 7.05 Å². The molecule has 3 heterocycles. The highest BCUT2D eigenvalue weighted by Crippen LogP contribution is 2.30. The molecule has 1 aromatic heterocycles. The van der Waals surface area contributed by atoms with Gasteiger partial charge in [0.15, 0.2) is 0 Å². The van der Waals surface area contributed by atoms with Crippen LogP contribution in [0.5, 0.6) is 0 Å². The highest BCUT2D eigenvalue weighted by atomic mass is 35.5. The maximum atomic E-state index is 12.8. The second-order valence-corrected chi connectivity index (χ2v) is 6.91. The lowest BCUT2D eigenvalue weighted by Gasteiger charge is -2.35. The normalized spacial score (nSPS) is 26.9. The molecule has 2 bridgehead atoms. The predicted molar refractivity (Wildman–Crippen MR) is 89.6 cm³/mol. The lowest BCUT2D eigenvalue weighted by atomic mass is 9.98. The fourth-order valence-electron chi connectivity index (χ4n) is 3.66. The summed E-state index contributed by atoms with van der Waals surface area (Å²) in [5.74, 6) is 0.445. The molecule has 0 aromatic carbocycles. The summed E-state index contributed by atoms with van der Waals surface area (Å²) in [6, 6.07) is 3.50. The molecule has 1 aromatic rings. The molecule has 2 aliphatic rings. The number of carbonyl (C=O) groups excluding carboxylic acids is 1. The number of aromatic nitrogens is 2. The van der Waals surface area contributed by atoms with E-state index in [2.05, 4.69) is 24.3 Å². The van der Waals surface area contributed by atoms with Gasteiger partial charge in [-0.3, -0.25) is 9.48 Å². The van der Waals surface area contributed by atoms with Crippen LogP contribution < -0.4 is 5.32 Å². The number of carbonyl (C=O) groups is 1. The lowest BCUT2D eigenvalue weighted by molar-refractivity contribution is 0.0670. The molecular formula is C16H27ClN4O. The monoisotopic (exact) mass is 326 g/mol. The quantitative estimate of drug-likeness (QED) is 0.927. The molecular weight excluding hydrogens is 300 g/mol. The third kappa shape index (κ3) is 3.15. The fourth-order valence-corrected chi connectivity index (χ4v) is 3.66. The van der Waals surface area contributed by atoms with Gasteiger partial charge in [0.25, 0.3) is 5.91 Å². The van der Waals surface area contributed by atoms with E-state index in [9.17, 15) is 4.79 Å². The van der Waals surface area contributed by atoms with E-state index in [0.717, 1.165) is 18.5 Å². The topological polar surface area (TPSA) is 50.2 Å². The van der Waals surface area contributed by atoms with Gasteiger partial charge in [0, 0.05) is 32.2 Å². The van der Waals surface area contributed by atoms with E-state index >= 15 is 0 Å². The predicted octanol–water partition coefficient (Wildman–Crippen LogP) is 2.32. The Morgan fingerprint density at radius 3 is 2.45 bits per heavy atom. The minimum atomic E-state index is 0. The van der Waals surface area contributed by atoms with Crippen LogP contribution in [0.2, 0.25) is 0 Å². The van der Waals surface area contributed by atoms with Gasteiger partial charge in [-0.15, -0.1) is 12.4 Å². The Hall–Kier alpha value is -1.07. The van der Waals surface area contributed by atoms with Gasteiger partial charge in [0.05, 0.1) is 5.69 Å². The average Bonchev–Trinajstić information content (AvgIpc) is 3.00. The van der Waals surface area contributed by atoms with Gasteiger partial charge in [-0.1, -0.05) is 13.8 Å². The first kappa shape index (κ1) is 17.3. The Balaban J connectivity index is 0.00000176. The zero-order valence-electron chi connectivity index (χ0n) is 13.9. The first-order chi connectivity index (χ1) is 9.95. The maximum absolute atomic E-state index is 12.8. The number of piperidine rings is 1. The SMILES string of the molecule is CC(C)c1cc(C(=O)N(C)C2CC3CCC(C2)N3)n(C)n1.Cl. The van der Waals surface area contributed by atoms with Crippen molar-refractivity contribution in [1.29, 1.82) is 0 Å². The van der Waals surface area contributed by atoms with Gasteiger partial charge in [-0.25, -0.2) is 0 Å². The van der Waals surface area contributed by atoms with Crippen molar-refractivity contribution in [2.45, 2.75) is 63.6 Å². The smallest absolute Gasteiger partial charge is 0.272 e. The third-order valence-corrected chi connectivity index (χ3v) is 5.03. The summed E-state index contributed by atoms with van der Waals surface area (Å²) in [5, 5.41) is 8.09. The molecule has 0 radical (unpaired) electrons. The fraction of sp³-hybridized carbons (Fsp3) is 0.750. The molecule has 22 heavy (non-hydrogen) atoms. The van der Waals surface area contributed by atoms with E-state index in [1.165, 1.54) is 12.8 Å².